The molecule has 0 bridgehead atoms. The number of aliphatic hydroxyl groups is 1. The second-order valence-electron chi connectivity index (χ2n) is 6.57. The van der Waals surface area contributed by atoms with E-state index in [1.54, 1.807) is 0 Å². The average Bonchev–Trinajstić information content (AvgIpc) is 2.76. The highest BCUT2D eigenvalue weighted by Gasteiger charge is 2.55. The van der Waals surface area contributed by atoms with Crippen LogP contribution in [0.3, 0.4) is 0 Å². The molecule has 6 atom stereocenters. The van der Waals surface area contributed by atoms with Gasteiger partial charge in [0.2, 0.25) is 0 Å². The molecule has 3 rings (SSSR count). The summed E-state index contributed by atoms with van der Waals surface area (Å²) in [6, 6.07) is 0. The number of ether oxygens (including phenoxy) is 1. The Morgan fingerprint density at radius 2 is 2.22 bits per heavy atom. The predicted molar refractivity (Wildman–Crippen MR) is 67.7 cm³/mol. The lowest BCUT2D eigenvalue weighted by Crippen LogP contribution is -2.39. The molecule has 1 heterocycles. The Morgan fingerprint density at radius 1 is 1.50 bits per heavy atom. The summed E-state index contributed by atoms with van der Waals surface area (Å²) in [4.78, 5) is 11.8. The van der Waals surface area contributed by atoms with Gasteiger partial charge in [0.05, 0.1) is 11.5 Å². The summed E-state index contributed by atoms with van der Waals surface area (Å²) in [6.07, 6.45) is 4.79. The van der Waals surface area contributed by atoms with Crippen LogP contribution in [0.4, 0.5) is 0 Å². The molecule has 0 radical (unpaired) electrons. The highest BCUT2D eigenvalue weighted by molar-refractivity contribution is 5.75. The minimum Gasteiger partial charge on any atom is -0.461 e. The molecule has 18 heavy (non-hydrogen) atoms. The number of allylic oxidation sites excluding steroid dienone is 1. The van der Waals surface area contributed by atoms with Crippen molar-refractivity contribution in [1.29, 1.82) is 0 Å². The summed E-state index contributed by atoms with van der Waals surface area (Å²) >= 11 is 0. The summed E-state index contributed by atoms with van der Waals surface area (Å²) < 4.78 is 5.64. The molecule has 3 aliphatic rings. The van der Waals surface area contributed by atoms with Crippen molar-refractivity contribution in [3.63, 3.8) is 0 Å². The van der Waals surface area contributed by atoms with Crippen molar-refractivity contribution in [2.45, 2.75) is 51.7 Å². The van der Waals surface area contributed by atoms with Gasteiger partial charge in [-0.15, -0.1) is 0 Å². The van der Waals surface area contributed by atoms with Gasteiger partial charge >= 0.3 is 5.97 Å². The van der Waals surface area contributed by atoms with Gasteiger partial charge in [-0.1, -0.05) is 18.6 Å². The first-order chi connectivity index (χ1) is 8.42. The van der Waals surface area contributed by atoms with Gasteiger partial charge in [-0.05, 0) is 33.1 Å². The van der Waals surface area contributed by atoms with E-state index in [0.717, 1.165) is 19.3 Å². The Labute approximate surface area is 108 Å². The van der Waals surface area contributed by atoms with Crippen molar-refractivity contribution in [3.05, 3.63) is 11.6 Å². The Kier molecular flexibility index (Phi) is 2.60. The Bertz CT molecular complexity index is 410. The molecule has 2 fully saturated rings. The summed E-state index contributed by atoms with van der Waals surface area (Å²) in [5.41, 5.74) is 0.661. The summed E-state index contributed by atoms with van der Waals surface area (Å²) in [6.45, 7) is 6.03. The number of rotatable bonds is 0. The minimum absolute atomic E-state index is 0.00905. The van der Waals surface area contributed by atoms with Crippen molar-refractivity contribution in [1.82, 2.24) is 0 Å². The smallest absolute Gasteiger partial charge is 0.309 e. The first kappa shape index (κ1) is 12.2. The van der Waals surface area contributed by atoms with Gasteiger partial charge in [0.25, 0.3) is 0 Å². The third-order valence-corrected chi connectivity index (χ3v) is 5.48. The van der Waals surface area contributed by atoms with Crippen LogP contribution in [-0.2, 0) is 9.53 Å². The second-order valence-corrected chi connectivity index (χ2v) is 6.57. The van der Waals surface area contributed by atoms with Crippen LogP contribution in [0, 0.1) is 23.7 Å². The zero-order valence-corrected chi connectivity index (χ0v) is 11.3. The maximum absolute atomic E-state index is 11.8. The number of esters is 1. The second kappa shape index (κ2) is 3.83. The molecule has 0 unspecified atom stereocenters. The molecule has 1 saturated carbocycles. The number of carbonyl (C=O) groups is 1. The highest BCUT2D eigenvalue weighted by atomic mass is 16.6. The van der Waals surface area contributed by atoms with Crippen LogP contribution in [0.2, 0.25) is 0 Å². The molecule has 0 amide bonds. The maximum atomic E-state index is 11.8. The van der Waals surface area contributed by atoms with E-state index in [2.05, 4.69) is 13.0 Å². The lowest BCUT2D eigenvalue weighted by molar-refractivity contribution is -0.146. The number of hydrogen-bond donors (Lipinski definition) is 1. The summed E-state index contributed by atoms with van der Waals surface area (Å²) in [7, 11) is 0. The Hall–Kier alpha value is -0.830. The lowest BCUT2D eigenvalue weighted by atomic mass is 9.76. The standard InChI is InChI=1S/C15H22O3/c1-8-4-5-11-12(8)13-10(6-7-15(11,3)17)9(2)14(16)18-13/h4,9-13,17H,5-7H2,1-3H3/t9-,10-,11+,12-,13-,15+/m0/s1. The van der Waals surface area contributed by atoms with Crippen molar-refractivity contribution in [3.8, 4) is 0 Å². The molecule has 0 aromatic carbocycles. The largest absolute Gasteiger partial charge is 0.461 e. The molecule has 0 spiro atoms. The molecule has 1 saturated heterocycles. The van der Waals surface area contributed by atoms with E-state index < -0.39 is 5.60 Å². The van der Waals surface area contributed by atoms with Gasteiger partial charge in [-0.3, -0.25) is 4.79 Å². The van der Waals surface area contributed by atoms with Crippen molar-refractivity contribution < 1.29 is 14.6 Å². The van der Waals surface area contributed by atoms with E-state index >= 15 is 0 Å². The fraction of sp³-hybridized carbons (Fsp3) is 0.800. The summed E-state index contributed by atoms with van der Waals surface area (Å²) in [5, 5.41) is 10.7. The van der Waals surface area contributed by atoms with Crippen molar-refractivity contribution in [2.24, 2.45) is 23.7 Å². The molecular weight excluding hydrogens is 228 g/mol. The lowest BCUT2D eigenvalue weighted by Gasteiger charge is -2.34. The van der Waals surface area contributed by atoms with E-state index in [0.29, 0.717) is 0 Å². The van der Waals surface area contributed by atoms with Crippen LogP contribution in [0.25, 0.3) is 0 Å². The zero-order valence-electron chi connectivity index (χ0n) is 11.3. The Balaban J connectivity index is 1.99. The van der Waals surface area contributed by atoms with Crippen LogP contribution in [-0.4, -0.2) is 22.8 Å². The molecule has 1 N–H and O–H groups in total. The van der Waals surface area contributed by atoms with Crippen molar-refractivity contribution in [2.75, 3.05) is 0 Å². The van der Waals surface area contributed by atoms with E-state index in [1.165, 1.54) is 5.57 Å². The van der Waals surface area contributed by atoms with Gasteiger partial charge in [-0.25, -0.2) is 0 Å². The fourth-order valence-electron chi connectivity index (χ4n) is 4.23. The fourth-order valence-corrected chi connectivity index (χ4v) is 4.23. The Morgan fingerprint density at radius 3 is 2.94 bits per heavy atom. The number of carbonyl (C=O) groups excluding carboxylic acids is 1. The van der Waals surface area contributed by atoms with E-state index in [-0.39, 0.29) is 35.7 Å². The highest BCUT2D eigenvalue weighted by Crippen LogP contribution is 2.52. The quantitative estimate of drug-likeness (QED) is 0.530. The van der Waals surface area contributed by atoms with Gasteiger partial charge in [0.1, 0.15) is 6.10 Å². The average molecular weight is 250 g/mol. The molecule has 1 aliphatic heterocycles. The van der Waals surface area contributed by atoms with Crippen LogP contribution in [0.1, 0.15) is 40.0 Å². The molecule has 0 aromatic heterocycles. The van der Waals surface area contributed by atoms with E-state index in [9.17, 15) is 9.90 Å². The van der Waals surface area contributed by atoms with Gasteiger partial charge < -0.3 is 9.84 Å². The van der Waals surface area contributed by atoms with Crippen LogP contribution < -0.4 is 0 Å². The first-order valence-electron chi connectivity index (χ1n) is 7.01. The monoisotopic (exact) mass is 250 g/mol. The number of hydrogen-bond acceptors (Lipinski definition) is 3. The summed E-state index contributed by atoms with van der Waals surface area (Å²) in [5.74, 6) is 0.648. The van der Waals surface area contributed by atoms with Gasteiger partial charge in [0, 0.05) is 17.8 Å². The third-order valence-electron chi connectivity index (χ3n) is 5.48. The number of fused-ring (bicyclic) bond motifs is 3. The molecule has 3 nitrogen and oxygen atoms in total. The van der Waals surface area contributed by atoms with E-state index in [4.69, 9.17) is 4.74 Å². The predicted octanol–water partition coefficient (Wildman–Crippen LogP) is 2.29. The maximum Gasteiger partial charge on any atom is 0.309 e. The third kappa shape index (κ3) is 1.56. The molecule has 0 aromatic rings. The van der Waals surface area contributed by atoms with Crippen molar-refractivity contribution >= 4 is 5.97 Å². The van der Waals surface area contributed by atoms with Crippen LogP contribution in [0.15, 0.2) is 11.6 Å². The van der Waals surface area contributed by atoms with Gasteiger partial charge in [-0.2, -0.15) is 0 Å². The van der Waals surface area contributed by atoms with Gasteiger partial charge in [0.15, 0.2) is 0 Å². The van der Waals surface area contributed by atoms with Crippen LogP contribution in [0.5, 0.6) is 0 Å². The van der Waals surface area contributed by atoms with Crippen LogP contribution >= 0.6 is 0 Å². The zero-order chi connectivity index (χ0) is 13.1. The molecular formula is C15H22O3. The molecule has 3 heteroatoms. The first-order valence-corrected chi connectivity index (χ1v) is 7.01. The van der Waals surface area contributed by atoms with E-state index in [1.807, 2.05) is 13.8 Å². The topological polar surface area (TPSA) is 46.5 Å². The molecule has 100 valence electrons. The SMILES string of the molecule is CC1=CC[C@@H]2[C@H]1[C@H]1OC(=O)[C@@H](C)[C@@H]1CC[C@@]2(C)O. The normalized spacial score (nSPS) is 51.2. The molecule has 2 aliphatic carbocycles. The minimum atomic E-state index is -0.630.